The molecule has 1 aromatic heterocycles. The van der Waals surface area contributed by atoms with Crippen LogP contribution in [-0.4, -0.2) is 33.4 Å². The van der Waals surface area contributed by atoms with Crippen molar-refractivity contribution in [1.29, 1.82) is 0 Å². The number of hydrogen-bond acceptors (Lipinski definition) is 4. The Kier molecular flexibility index (Phi) is 3.31. The Labute approximate surface area is 116 Å². The second-order valence-corrected chi connectivity index (χ2v) is 5.31. The van der Waals surface area contributed by atoms with Crippen LogP contribution in [0.4, 0.5) is 5.69 Å². The Balaban J connectivity index is 1.83. The number of aromatic amines is 1. The fraction of sp³-hybridized carbons (Fsp3) is 0.429. The van der Waals surface area contributed by atoms with Crippen molar-refractivity contribution in [2.24, 2.45) is 0 Å². The van der Waals surface area contributed by atoms with Crippen LogP contribution in [0.15, 0.2) is 18.2 Å². The number of amides is 1. The van der Waals surface area contributed by atoms with Crippen molar-refractivity contribution in [2.75, 3.05) is 5.73 Å². The van der Waals surface area contributed by atoms with Crippen molar-refractivity contribution in [2.45, 2.75) is 37.8 Å². The van der Waals surface area contributed by atoms with Gasteiger partial charge in [-0.2, -0.15) is 5.10 Å². The van der Waals surface area contributed by atoms with Crippen LogP contribution in [0.3, 0.4) is 0 Å². The number of carbonyl (C=O) groups excluding carboxylic acids is 1. The van der Waals surface area contributed by atoms with Crippen LogP contribution >= 0.6 is 0 Å². The lowest BCUT2D eigenvalue weighted by atomic mass is 9.92. The highest BCUT2D eigenvalue weighted by molar-refractivity contribution is 6.05. The Morgan fingerprint density at radius 2 is 2.20 bits per heavy atom. The Morgan fingerprint density at radius 1 is 1.40 bits per heavy atom. The van der Waals surface area contributed by atoms with E-state index in [-0.39, 0.29) is 11.9 Å². The van der Waals surface area contributed by atoms with Crippen LogP contribution in [0.5, 0.6) is 0 Å². The molecule has 20 heavy (non-hydrogen) atoms. The molecule has 1 saturated carbocycles. The first kappa shape index (κ1) is 12.9. The molecule has 6 heteroatoms. The van der Waals surface area contributed by atoms with Crippen molar-refractivity contribution in [1.82, 2.24) is 15.5 Å². The van der Waals surface area contributed by atoms with E-state index in [4.69, 9.17) is 5.73 Å². The molecule has 1 aromatic carbocycles. The van der Waals surface area contributed by atoms with Gasteiger partial charge >= 0.3 is 0 Å². The largest absolute Gasteiger partial charge is 0.399 e. The average Bonchev–Trinajstić information content (AvgIpc) is 2.84. The zero-order valence-electron chi connectivity index (χ0n) is 11.1. The number of aliphatic hydroxyl groups is 1. The number of aliphatic hydroxyl groups excluding tert-OH is 1. The third-order valence-corrected chi connectivity index (χ3v) is 3.85. The lowest BCUT2D eigenvalue weighted by Crippen LogP contribution is -2.45. The van der Waals surface area contributed by atoms with E-state index in [1.807, 2.05) is 0 Å². The van der Waals surface area contributed by atoms with E-state index in [1.54, 1.807) is 18.2 Å². The minimum absolute atomic E-state index is 0.191. The molecule has 6 nitrogen and oxygen atoms in total. The van der Waals surface area contributed by atoms with Crippen LogP contribution in [0.2, 0.25) is 0 Å². The number of benzene rings is 1. The molecule has 2 aromatic rings. The summed E-state index contributed by atoms with van der Waals surface area (Å²) in [5.74, 6) is -0.271. The predicted molar refractivity (Wildman–Crippen MR) is 76.2 cm³/mol. The van der Waals surface area contributed by atoms with Gasteiger partial charge in [-0.05, 0) is 31.0 Å². The van der Waals surface area contributed by atoms with Crippen molar-refractivity contribution in [3.63, 3.8) is 0 Å². The lowest BCUT2D eigenvalue weighted by molar-refractivity contribution is 0.0715. The molecule has 5 N–H and O–H groups in total. The summed E-state index contributed by atoms with van der Waals surface area (Å²) >= 11 is 0. The molecule has 0 unspecified atom stereocenters. The van der Waals surface area contributed by atoms with Crippen LogP contribution < -0.4 is 11.1 Å². The number of aromatic nitrogens is 2. The minimum Gasteiger partial charge on any atom is -0.399 e. The maximum absolute atomic E-state index is 12.3. The first-order valence-corrected chi connectivity index (χ1v) is 6.87. The molecule has 2 atom stereocenters. The number of nitrogens with zero attached hydrogens (tertiary/aromatic N) is 1. The van der Waals surface area contributed by atoms with Gasteiger partial charge in [0.1, 0.15) is 0 Å². The number of nitrogens with two attached hydrogens (primary N) is 1. The average molecular weight is 274 g/mol. The summed E-state index contributed by atoms with van der Waals surface area (Å²) in [6, 6.07) is 5.09. The first-order valence-electron chi connectivity index (χ1n) is 6.87. The number of anilines is 1. The van der Waals surface area contributed by atoms with Gasteiger partial charge in [0.2, 0.25) is 0 Å². The molecule has 0 radical (unpaired) electrons. The molecule has 0 saturated heterocycles. The number of carbonyl (C=O) groups is 1. The van der Waals surface area contributed by atoms with E-state index in [1.165, 1.54) is 0 Å². The second kappa shape index (κ2) is 5.13. The van der Waals surface area contributed by atoms with Gasteiger partial charge < -0.3 is 16.2 Å². The Bertz CT molecular complexity index is 637. The van der Waals surface area contributed by atoms with Gasteiger partial charge in [-0.25, -0.2) is 0 Å². The third-order valence-electron chi connectivity index (χ3n) is 3.85. The second-order valence-electron chi connectivity index (χ2n) is 5.31. The summed E-state index contributed by atoms with van der Waals surface area (Å²) in [6.07, 6.45) is 3.10. The summed E-state index contributed by atoms with van der Waals surface area (Å²) in [7, 11) is 0. The van der Waals surface area contributed by atoms with E-state index in [0.717, 1.165) is 31.2 Å². The summed E-state index contributed by atoms with van der Waals surface area (Å²) < 4.78 is 0. The molecule has 1 fully saturated rings. The number of rotatable bonds is 2. The summed E-state index contributed by atoms with van der Waals surface area (Å²) in [5.41, 5.74) is 7.43. The van der Waals surface area contributed by atoms with E-state index < -0.39 is 6.10 Å². The summed E-state index contributed by atoms with van der Waals surface area (Å²) in [4.78, 5) is 12.3. The highest BCUT2D eigenvalue weighted by Gasteiger charge is 2.26. The monoisotopic (exact) mass is 274 g/mol. The smallest absolute Gasteiger partial charge is 0.272 e. The number of hydrogen-bond donors (Lipinski definition) is 4. The van der Waals surface area contributed by atoms with Gasteiger partial charge in [0, 0.05) is 11.1 Å². The van der Waals surface area contributed by atoms with Crippen molar-refractivity contribution in [3.05, 3.63) is 23.9 Å². The molecule has 0 spiro atoms. The molecular formula is C14H18N4O2. The molecule has 1 aliphatic rings. The van der Waals surface area contributed by atoms with Crippen LogP contribution in [0.1, 0.15) is 36.2 Å². The highest BCUT2D eigenvalue weighted by atomic mass is 16.3. The van der Waals surface area contributed by atoms with E-state index in [9.17, 15) is 9.90 Å². The molecule has 0 bridgehead atoms. The molecule has 106 valence electrons. The van der Waals surface area contributed by atoms with Crippen LogP contribution in [-0.2, 0) is 0 Å². The predicted octanol–water partition coefficient (Wildman–Crippen LogP) is 1.18. The number of nitrogen functional groups attached to an aromatic ring is 1. The van der Waals surface area contributed by atoms with Gasteiger partial charge in [-0.1, -0.05) is 12.8 Å². The van der Waals surface area contributed by atoms with Gasteiger partial charge in [-0.3, -0.25) is 9.89 Å². The standard InChI is InChI=1S/C14H18N4O2/c15-8-5-6-10-9(7-8)13(18-17-10)14(20)16-11-3-1-2-4-12(11)19/h5-7,11-12,19H,1-4,15H2,(H,16,20)(H,17,18)/t11-,12-/m1/s1. The van der Waals surface area contributed by atoms with Gasteiger partial charge in [-0.15, -0.1) is 0 Å². The fourth-order valence-electron chi connectivity index (χ4n) is 2.72. The molecule has 1 amide bonds. The van der Waals surface area contributed by atoms with Gasteiger partial charge in [0.15, 0.2) is 5.69 Å². The molecule has 1 heterocycles. The molecule has 3 rings (SSSR count). The third kappa shape index (κ3) is 2.34. The Morgan fingerprint density at radius 3 is 3.00 bits per heavy atom. The van der Waals surface area contributed by atoms with Crippen molar-refractivity contribution < 1.29 is 9.90 Å². The molecule has 1 aliphatic carbocycles. The topological polar surface area (TPSA) is 104 Å². The maximum atomic E-state index is 12.3. The SMILES string of the molecule is Nc1ccc2[nH]nc(C(=O)N[C@@H]3CCCC[C@H]3O)c2c1. The van der Waals surface area contributed by atoms with E-state index in [0.29, 0.717) is 16.8 Å². The summed E-state index contributed by atoms with van der Waals surface area (Å²) in [6.45, 7) is 0. The van der Waals surface area contributed by atoms with Gasteiger partial charge in [0.25, 0.3) is 5.91 Å². The highest BCUT2D eigenvalue weighted by Crippen LogP contribution is 2.21. The normalized spacial score (nSPS) is 22.9. The van der Waals surface area contributed by atoms with E-state index >= 15 is 0 Å². The zero-order chi connectivity index (χ0) is 14.1. The number of nitrogens with one attached hydrogen (secondary N) is 2. The summed E-state index contributed by atoms with van der Waals surface area (Å²) in [5, 5.41) is 20.4. The minimum atomic E-state index is -0.469. The number of fused-ring (bicyclic) bond motifs is 1. The number of H-pyrrole nitrogens is 1. The zero-order valence-corrected chi connectivity index (χ0v) is 11.1. The maximum Gasteiger partial charge on any atom is 0.272 e. The Hall–Kier alpha value is -2.08. The van der Waals surface area contributed by atoms with Crippen LogP contribution in [0.25, 0.3) is 10.9 Å². The fourth-order valence-corrected chi connectivity index (χ4v) is 2.72. The first-order chi connectivity index (χ1) is 9.65. The lowest BCUT2D eigenvalue weighted by Gasteiger charge is -2.28. The molecule has 0 aliphatic heterocycles. The molecular weight excluding hydrogens is 256 g/mol. The van der Waals surface area contributed by atoms with Crippen LogP contribution in [0, 0.1) is 0 Å². The van der Waals surface area contributed by atoms with Crippen molar-refractivity contribution >= 4 is 22.5 Å². The van der Waals surface area contributed by atoms with E-state index in [2.05, 4.69) is 15.5 Å². The van der Waals surface area contributed by atoms with Crippen molar-refractivity contribution in [3.8, 4) is 0 Å². The quantitative estimate of drug-likeness (QED) is 0.617. The van der Waals surface area contributed by atoms with Gasteiger partial charge in [0.05, 0.1) is 17.7 Å².